The fourth-order valence-corrected chi connectivity index (χ4v) is 3.11. The van der Waals surface area contributed by atoms with Crippen LogP contribution in [0.15, 0.2) is 35.3 Å². The monoisotopic (exact) mass is 518 g/mol. The summed E-state index contributed by atoms with van der Waals surface area (Å²) in [5, 5.41) is 16.5. The first-order chi connectivity index (χ1) is 13.3. The van der Waals surface area contributed by atoms with Crippen LogP contribution < -0.4 is 10.6 Å². The van der Waals surface area contributed by atoms with Crippen molar-refractivity contribution in [2.75, 3.05) is 26.2 Å². The number of aliphatic hydroxyl groups is 1. The standard InChI is InChI=1S/C21H34N4O3.HI/c1-5-22-19(23-14-18(26)13-16-9-7-6-8-10-16)25-12-11-17(15-25)24-20(27)28-21(2,3)4;/h6-10,17-18,26H,5,11-15H2,1-4H3,(H,22,23)(H,24,27);1H. The fraction of sp³-hybridized carbons (Fsp3) is 0.619. The maximum absolute atomic E-state index is 12.0. The zero-order chi connectivity index (χ0) is 20.6. The lowest BCUT2D eigenvalue weighted by Gasteiger charge is -2.23. The van der Waals surface area contributed by atoms with Crippen LogP contribution in [0, 0.1) is 0 Å². The van der Waals surface area contributed by atoms with Crippen molar-refractivity contribution in [3.8, 4) is 0 Å². The number of amides is 1. The summed E-state index contributed by atoms with van der Waals surface area (Å²) >= 11 is 0. The SMILES string of the molecule is CCNC(=NCC(O)Cc1ccccc1)N1CCC(NC(=O)OC(C)(C)C)C1.I. The van der Waals surface area contributed by atoms with E-state index in [2.05, 4.69) is 20.5 Å². The summed E-state index contributed by atoms with van der Waals surface area (Å²) in [7, 11) is 0. The maximum atomic E-state index is 12.0. The van der Waals surface area contributed by atoms with E-state index in [1.165, 1.54) is 0 Å². The summed E-state index contributed by atoms with van der Waals surface area (Å²) < 4.78 is 5.33. The van der Waals surface area contributed by atoms with E-state index in [1.807, 2.05) is 58.0 Å². The van der Waals surface area contributed by atoms with Gasteiger partial charge in [0, 0.05) is 26.1 Å². The van der Waals surface area contributed by atoms with Crippen molar-refractivity contribution >= 4 is 36.0 Å². The minimum absolute atomic E-state index is 0. The second kappa shape index (κ2) is 12.2. The van der Waals surface area contributed by atoms with Crippen LogP contribution >= 0.6 is 24.0 Å². The number of hydrogen-bond acceptors (Lipinski definition) is 4. The molecule has 1 saturated heterocycles. The van der Waals surface area contributed by atoms with Crippen LogP contribution in [-0.2, 0) is 11.2 Å². The van der Waals surface area contributed by atoms with Gasteiger partial charge >= 0.3 is 6.09 Å². The number of guanidine groups is 1. The van der Waals surface area contributed by atoms with Gasteiger partial charge in [-0.2, -0.15) is 0 Å². The van der Waals surface area contributed by atoms with Crippen molar-refractivity contribution in [2.45, 2.75) is 58.3 Å². The third-order valence-electron chi connectivity index (χ3n) is 4.31. The Bertz CT molecular complexity index is 649. The second-order valence-corrected chi connectivity index (χ2v) is 8.12. The first-order valence-electron chi connectivity index (χ1n) is 10.0. The minimum Gasteiger partial charge on any atom is -0.444 e. The minimum atomic E-state index is -0.533. The van der Waals surface area contributed by atoms with Gasteiger partial charge in [-0.25, -0.2) is 4.79 Å². The molecule has 0 radical (unpaired) electrons. The molecule has 0 bridgehead atoms. The summed E-state index contributed by atoms with van der Waals surface area (Å²) in [6.07, 6.45) is 0.483. The molecule has 1 aliphatic rings. The molecule has 0 aliphatic carbocycles. The summed E-state index contributed by atoms with van der Waals surface area (Å²) in [5.41, 5.74) is 0.589. The third kappa shape index (κ3) is 9.66. The second-order valence-electron chi connectivity index (χ2n) is 8.12. The molecule has 2 rings (SSSR count). The number of nitrogens with zero attached hydrogens (tertiary/aromatic N) is 2. The zero-order valence-corrected chi connectivity index (χ0v) is 20.2. The van der Waals surface area contributed by atoms with Crippen LogP contribution in [0.2, 0.25) is 0 Å². The number of halogens is 1. The highest BCUT2D eigenvalue weighted by atomic mass is 127. The molecule has 7 nitrogen and oxygen atoms in total. The molecule has 1 heterocycles. The Labute approximate surface area is 191 Å². The molecular weight excluding hydrogens is 483 g/mol. The van der Waals surface area contributed by atoms with E-state index in [0.717, 1.165) is 31.0 Å². The van der Waals surface area contributed by atoms with Crippen molar-refractivity contribution in [3.05, 3.63) is 35.9 Å². The van der Waals surface area contributed by atoms with Gasteiger partial charge in [-0.15, -0.1) is 24.0 Å². The van der Waals surface area contributed by atoms with Gasteiger partial charge in [0.15, 0.2) is 5.96 Å². The predicted octanol–water partition coefficient (Wildman–Crippen LogP) is 2.77. The number of aliphatic imine (C=N–C) groups is 1. The van der Waals surface area contributed by atoms with Gasteiger partial charge in [0.05, 0.1) is 18.7 Å². The van der Waals surface area contributed by atoms with Gasteiger partial charge in [0.1, 0.15) is 5.60 Å². The van der Waals surface area contributed by atoms with E-state index in [-0.39, 0.29) is 36.1 Å². The van der Waals surface area contributed by atoms with E-state index < -0.39 is 11.7 Å². The van der Waals surface area contributed by atoms with Gasteiger partial charge in [0.25, 0.3) is 0 Å². The van der Waals surface area contributed by atoms with Crippen molar-refractivity contribution in [1.82, 2.24) is 15.5 Å². The molecule has 1 fully saturated rings. The van der Waals surface area contributed by atoms with Crippen LogP contribution in [0.4, 0.5) is 4.79 Å². The lowest BCUT2D eigenvalue weighted by Crippen LogP contribution is -2.44. The highest BCUT2D eigenvalue weighted by Crippen LogP contribution is 2.12. The first-order valence-corrected chi connectivity index (χ1v) is 10.0. The Morgan fingerprint density at radius 1 is 1.34 bits per heavy atom. The van der Waals surface area contributed by atoms with E-state index in [1.54, 1.807) is 0 Å². The zero-order valence-electron chi connectivity index (χ0n) is 17.9. The Hall–Kier alpha value is -1.55. The third-order valence-corrected chi connectivity index (χ3v) is 4.31. The Balaban J connectivity index is 0.00000420. The molecule has 1 aromatic carbocycles. The number of nitrogens with one attached hydrogen (secondary N) is 2. The normalized spacial score (nSPS) is 18.0. The molecule has 8 heteroatoms. The van der Waals surface area contributed by atoms with E-state index in [4.69, 9.17) is 4.74 Å². The van der Waals surface area contributed by atoms with Crippen molar-refractivity contribution in [2.24, 2.45) is 4.99 Å². The highest BCUT2D eigenvalue weighted by molar-refractivity contribution is 14.0. The van der Waals surface area contributed by atoms with Crippen molar-refractivity contribution in [3.63, 3.8) is 0 Å². The van der Waals surface area contributed by atoms with E-state index in [0.29, 0.717) is 19.5 Å². The number of carbonyl (C=O) groups excluding carboxylic acids is 1. The molecule has 29 heavy (non-hydrogen) atoms. The largest absolute Gasteiger partial charge is 0.444 e. The van der Waals surface area contributed by atoms with Crippen LogP contribution in [0.5, 0.6) is 0 Å². The Morgan fingerprint density at radius 2 is 2.03 bits per heavy atom. The van der Waals surface area contributed by atoms with Gasteiger partial charge < -0.3 is 25.4 Å². The molecule has 2 unspecified atom stereocenters. The summed E-state index contributed by atoms with van der Waals surface area (Å²) in [6, 6.07) is 9.94. The predicted molar refractivity (Wildman–Crippen MR) is 127 cm³/mol. The topological polar surface area (TPSA) is 86.2 Å². The van der Waals surface area contributed by atoms with Gasteiger partial charge in [-0.3, -0.25) is 4.99 Å². The molecule has 1 amide bonds. The number of likely N-dealkylation sites (tertiary alicyclic amines) is 1. The summed E-state index contributed by atoms with van der Waals surface area (Å²) in [5.74, 6) is 0.767. The lowest BCUT2D eigenvalue weighted by molar-refractivity contribution is 0.0507. The molecule has 3 N–H and O–H groups in total. The van der Waals surface area contributed by atoms with Gasteiger partial charge in [-0.05, 0) is 39.7 Å². The molecule has 0 saturated carbocycles. The molecule has 0 aromatic heterocycles. The summed E-state index contributed by atoms with van der Waals surface area (Å²) in [4.78, 5) is 18.7. The number of alkyl carbamates (subject to hydrolysis) is 1. The number of rotatable bonds is 6. The Kier molecular flexibility index (Phi) is 10.7. The molecular formula is C21H35IN4O3. The molecule has 164 valence electrons. The van der Waals surface area contributed by atoms with E-state index in [9.17, 15) is 9.90 Å². The number of aliphatic hydroxyl groups excluding tert-OH is 1. The van der Waals surface area contributed by atoms with Crippen LogP contribution in [-0.4, -0.2) is 66.0 Å². The van der Waals surface area contributed by atoms with Crippen LogP contribution in [0.25, 0.3) is 0 Å². The van der Waals surface area contributed by atoms with Gasteiger partial charge in [0.2, 0.25) is 0 Å². The summed E-state index contributed by atoms with van der Waals surface area (Å²) in [6.45, 7) is 10.1. The quantitative estimate of drug-likeness (QED) is 0.307. The fourth-order valence-electron chi connectivity index (χ4n) is 3.11. The molecule has 1 aromatic rings. The average Bonchev–Trinajstić information content (AvgIpc) is 3.06. The number of ether oxygens (including phenoxy) is 1. The smallest absolute Gasteiger partial charge is 0.407 e. The van der Waals surface area contributed by atoms with Crippen LogP contribution in [0.1, 0.15) is 39.7 Å². The van der Waals surface area contributed by atoms with Crippen molar-refractivity contribution in [1.29, 1.82) is 0 Å². The maximum Gasteiger partial charge on any atom is 0.407 e. The van der Waals surface area contributed by atoms with E-state index >= 15 is 0 Å². The number of benzene rings is 1. The number of carbonyl (C=O) groups is 1. The molecule has 0 spiro atoms. The Morgan fingerprint density at radius 3 is 2.66 bits per heavy atom. The lowest BCUT2D eigenvalue weighted by atomic mass is 10.1. The number of hydrogen-bond donors (Lipinski definition) is 3. The molecule has 2 atom stereocenters. The van der Waals surface area contributed by atoms with Crippen LogP contribution in [0.3, 0.4) is 0 Å². The van der Waals surface area contributed by atoms with Gasteiger partial charge in [-0.1, -0.05) is 30.3 Å². The van der Waals surface area contributed by atoms with Crippen molar-refractivity contribution < 1.29 is 14.6 Å². The first kappa shape index (κ1) is 25.5. The highest BCUT2D eigenvalue weighted by Gasteiger charge is 2.28. The average molecular weight is 518 g/mol. The molecule has 1 aliphatic heterocycles.